The van der Waals surface area contributed by atoms with Crippen molar-refractivity contribution in [2.24, 2.45) is 4.99 Å². The van der Waals surface area contributed by atoms with Gasteiger partial charge in [-0.1, -0.05) is 12.1 Å². The molecular weight excluding hydrogens is 429 g/mol. The summed E-state index contributed by atoms with van der Waals surface area (Å²) in [6.45, 7) is 10.9. The van der Waals surface area contributed by atoms with Crippen molar-refractivity contribution in [3.63, 3.8) is 0 Å². The lowest BCUT2D eigenvalue weighted by molar-refractivity contribution is 0.146. The second kappa shape index (κ2) is 12.1. The van der Waals surface area contributed by atoms with Gasteiger partial charge in [0.2, 0.25) is 0 Å². The number of guanidine groups is 1. The monoisotopic (exact) mass is 459 g/mol. The number of aliphatic imine (C=N–C) groups is 1. The Hall–Kier alpha value is -1.35. The number of hydrogen-bond acceptors (Lipinski definition) is 3. The van der Waals surface area contributed by atoms with Crippen molar-refractivity contribution in [2.45, 2.75) is 33.7 Å². The van der Waals surface area contributed by atoms with Gasteiger partial charge in [0.15, 0.2) is 5.96 Å². The zero-order chi connectivity index (χ0) is 17.2. The number of halogens is 1. The maximum absolute atomic E-state index is 5.34. The summed E-state index contributed by atoms with van der Waals surface area (Å²) in [5.41, 5.74) is 2.22. The molecule has 0 fully saturated rings. The highest BCUT2D eigenvalue weighted by Crippen LogP contribution is 2.14. The Bertz CT molecular complexity index is 656. The molecule has 1 aromatic carbocycles. The quantitative estimate of drug-likeness (QED) is 0.262. The minimum atomic E-state index is 0. The van der Waals surface area contributed by atoms with E-state index in [0.717, 1.165) is 63.1 Å². The van der Waals surface area contributed by atoms with Gasteiger partial charge in [-0.25, -0.2) is 4.98 Å². The number of nitrogens with one attached hydrogen (secondary N) is 2. The molecule has 0 radical (unpaired) electrons. The maximum atomic E-state index is 5.34. The molecule has 7 heteroatoms. The number of hydrogen-bond donors (Lipinski definition) is 2. The molecule has 0 spiro atoms. The molecule has 0 aliphatic carbocycles. The summed E-state index contributed by atoms with van der Waals surface area (Å²) >= 11 is 0. The highest BCUT2D eigenvalue weighted by atomic mass is 127. The van der Waals surface area contributed by atoms with Crippen LogP contribution in [-0.4, -0.2) is 48.4 Å². The predicted molar refractivity (Wildman–Crippen MR) is 115 cm³/mol. The van der Waals surface area contributed by atoms with Crippen LogP contribution in [0.2, 0.25) is 0 Å². The van der Waals surface area contributed by atoms with Gasteiger partial charge < -0.3 is 19.9 Å². The molecular formula is C18H30IN5O. The van der Waals surface area contributed by atoms with Crippen LogP contribution in [0.1, 0.15) is 26.1 Å². The van der Waals surface area contributed by atoms with Gasteiger partial charge in [-0.2, -0.15) is 0 Å². The average Bonchev–Trinajstić information content (AvgIpc) is 2.90. The second-order valence-corrected chi connectivity index (χ2v) is 5.54. The molecule has 0 amide bonds. The zero-order valence-corrected chi connectivity index (χ0v) is 17.7. The van der Waals surface area contributed by atoms with Crippen molar-refractivity contribution in [3.8, 4) is 0 Å². The van der Waals surface area contributed by atoms with Crippen LogP contribution in [0, 0.1) is 6.92 Å². The summed E-state index contributed by atoms with van der Waals surface area (Å²) in [6, 6.07) is 8.24. The zero-order valence-electron chi connectivity index (χ0n) is 15.4. The first-order valence-corrected chi connectivity index (χ1v) is 8.78. The molecule has 0 bridgehead atoms. The Morgan fingerprint density at radius 1 is 1.24 bits per heavy atom. The molecule has 0 unspecified atom stereocenters. The van der Waals surface area contributed by atoms with Gasteiger partial charge in [0, 0.05) is 39.4 Å². The number of aromatic nitrogens is 2. The second-order valence-electron chi connectivity index (χ2n) is 5.54. The number of fused-ring (bicyclic) bond motifs is 1. The smallest absolute Gasteiger partial charge is 0.191 e. The molecule has 2 aromatic rings. The molecule has 0 atom stereocenters. The molecule has 6 nitrogen and oxygen atoms in total. The van der Waals surface area contributed by atoms with Crippen LogP contribution < -0.4 is 10.6 Å². The normalized spacial score (nSPS) is 11.4. The number of aryl methyl sites for hydroxylation is 1. The number of nitrogens with zero attached hydrogens (tertiary/aromatic N) is 3. The van der Waals surface area contributed by atoms with E-state index >= 15 is 0 Å². The van der Waals surface area contributed by atoms with Crippen molar-refractivity contribution in [3.05, 3.63) is 30.1 Å². The Morgan fingerprint density at radius 3 is 2.80 bits per heavy atom. The summed E-state index contributed by atoms with van der Waals surface area (Å²) in [5.74, 6) is 1.90. The Balaban J connectivity index is 0.00000312. The number of para-hydroxylation sites is 2. The Morgan fingerprint density at radius 2 is 2.04 bits per heavy atom. The Labute approximate surface area is 167 Å². The predicted octanol–water partition coefficient (Wildman–Crippen LogP) is 2.94. The van der Waals surface area contributed by atoms with E-state index in [-0.39, 0.29) is 24.0 Å². The van der Waals surface area contributed by atoms with Crippen molar-refractivity contribution in [1.82, 2.24) is 20.2 Å². The third-order valence-electron chi connectivity index (χ3n) is 3.74. The van der Waals surface area contributed by atoms with E-state index < -0.39 is 0 Å². The van der Waals surface area contributed by atoms with E-state index in [1.165, 1.54) is 5.52 Å². The third kappa shape index (κ3) is 6.81. The molecule has 1 heterocycles. The van der Waals surface area contributed by atoms with E-state index in [1.807, 2.05) is 19.9 Å². The fourth-order valence-corrected chi connectivity index (χ4v) is 2.61. The fraction of sp³-hybridized carbons (Fsp3) is 0.556. The Kier molecular flexibility index (Phi) is 10.5. The molecule has 1 aromatic heterocycles. The van der Waals surface area contributed by atoms with E-state index in [4.69, 9.17) is 4.74 Å². The number of rotatable bonds is 9. The van der Waals surface area contributed by atoms with Gasteiger partial charge in [-0.3, -0.25) is 4.99 Å². The number of imidazole rings is 1. The van der Waals surface area contributed by atoms with E-state index in [2.05, 4.69) is 50.3 Å². The molecule has 0 aliphatic heterocycles. The van der Waals surface area contributed by atoms with Crippen LogP contribution in [0.3, 0.4) is 0 Å². The first kappa shape index (κ1) is 21.7. The van der Waals surface area contributed by atoms with Crippen molar-refractivity contribution >= 4 is 41.0 Å². The highest BCUT2D eigenvalue weighted by molar-refractivity contribution is 14.0. The molecule has 2 N–H and O–H groups in total. The largest absolute Gasteiger partial charge is 0.382 e. The molecule has 2 rings (SSSR count). The van der Waals surface area contributed by atoms with Gasteiger partial charge in [0.1, 0.15) is 5.82 Å². The first-order valence-electron chi connectivity index (χ1n) is 8.78. The van der Waals surface area contributed by atoms with Crippen LogP contribution in [-0.2, 0) is 11.3 Å². The minimum absolute atomic E-state index is 0. The maximum Gasteiger partial charge on any atom is 0.191 e. The summed E-state index contributed by atoms with van der Waals surface area (Å²) in [7, 11) is 0. The lowest BCUT2D eigenvalue weighted by Gasteiger charge is -2.13. The summed E-state index contributed by atoms with van der Waals surface area (Å²) in [4.78, 5) is 9.18. The van der Waals surface area contributed by atoms with Crippen LogP contribution in [0.4, 0.5) is 0 Å². The lowest BCUT2D eigenvalue weighted by atomic mass is 10.3. The van der Waals surface area contributed by atoms with Gasteiger partial charge in [0.05, 0.1) is 11.0 Å². The molecule has 0 saturated carbocycles. The van der Waals surface area contributed by atoms with E-state index in [1.54, 1.807) is 0 Å². The van der Waals surface area contributed by atoms with Gasteiger partial charge in [0.25, 0.3) is 0 Å². The average molecular weight is 459 g/mol. The molecule has 25 heavy (non-hydrogen) atoms. The molecule has 0 aliphatic rings. The lowest BCUT2D eigenvalue weighted by Crippen LogP contribution is -2.39. The van der Waals surface area contributed by atoms with E-state index in [0.29, 0.717) is 0 Å². The van der Waals surface area contributed by atoms with Crippen molar-refractivity contribution in [1.29, 1.82) is 0 Å². The third-order valence-corrected chi connectivity index (χ3v) is 3.74. The van der Waals surface area contributed by atoms with Crippen molar-refractivity contribution < 1.29 is 4.74 Å². The van der Waals surface area contributed by atoms with Crippen LogP contribution in [0.5, 0.6) is 0 Å². The summed E-state index contributed by atoms with van der Waals surface area (Å²) in [6.07, 6.45) is 0.940. The minimum Gasteiger partial charge on any atom is -0.382 e. The van der Waals surface area contributed by atoms with Crippen LogP contribution in [0.25, 0.3) is 11.0 Å². The number of ether oxygens (including phenoxy) is 1. The molecule has 0 saturated heterocycles. The number of benzene rings is 1. The SMILES string of the molecule is CCNC(=NCCCOCC)NCCn1c(C)nc2ccccc21.I. The highest BCUT2D eigenvalue weighted by Gasteiger charge is 2.06. The first-order chi connectivity index (χ1) is 11.8. The van der Waals surface area contributed by atoms with Gasteiger partial charge in [-0.15, -0.1) is 24.0 Å². The fourth-order valence-electron chi connectivity index (χ4n) is 2.61. The van der Waals surface area contributed by atoms with Crippen LogP contribution >= 0.6 is 24.0 Å². The van der Waals surface area contributed by atoms with Gasteiger partial charge in [-0.05, 0) is 39.3 Å². The van der Waals surface area contributed by atoms with Gasteiger partial charge >= 0.3 is 0 Å². The standard InChI is InChI=1S/C18H29N5O.HI/c1-4-19-18(20-11-8-14-24-5-2)21-12-13-23-15(3)22-16-9-6-7-10-17(16)23;/h6-7,9-10H,4-5,8,11-14H2,1-3H3,(H2,19,20,21);1H. The molecule has 140 valence electrons. The van der Waals surface area contributed by atoms with E-state index in [9.17, 15) is 0 Å². The topological polar surface area (TPSA) is 63.5 Å². The summed E-state index contributed by atoms with van der Waals surface area (Å²) < 4.78 is 7.58. The summed E-state index contributed by atoms with van der Waals surface area (Å²) in [5, 5.41) is 6.67. The van der Waals surface area contributed by atoms with Crippen molar-refractivity contribution in [2.75, 3.05) is 32.8 Å². The van der Waals surface area contributed by atoms with Crippen LogP contribution in [0.15, 0.2) is 29.3 Å².